The Morgan fingerprint density at radius 2 is 1.59 bits per heavy atom. The number of benzene rings is 1. The normalized spacial score (nSPS) is 10.1. The molecule has 0 bridgehead atoms. The van der Waals surface area contributed by atoms with Gasteiger partial charge in [-0.1, -0.05) is 30.3 Å². The van der Waals surface area contributed by atoms with Crippen molar-refractivity contribution < 1.29 is 10.4 Å². The van der Waals surface area contributed by atoms with Crippen LogP contribution in [0.4, 0.5) is 0 Å². The molecule has 22 heavy (non-hydrogen) atoms. The van der Waals surface area contributed by atoms with Crippen LogP contribution in [0.2, 0.25) is 0 Å². The summed E-state index contributed by atoms with van der Waals surface area (Å²) in [5.74, 6) is 0. The van der Waals surface area contributed by atoms with Gasteiger partial charge in [0.2, 0.25) is 0 Å². The molecular formula is C14H14N2O2S4. The quantitative estimate of drug-likeness (QED) is 0.450. The number of hydrogen-bond acceptors (Lipinski definition) is 6. The molecule has 2 heterocycles. The van der Waals surface area contributed by atoms with Crippen molar-refractivity contribution in [3.8, 4) is 11.3 Å². The van der Waals surface area contributed by atoms with E-state index in [9.17, 15) is 5.21 Å². The van der Waals surface area contributed by atoms with Crippen LogP contribution in [0.25, 0.3) is 11.3 Å². The van der Waals surface area contributed by atoms with Gasteiger partial charge in [-0.15, -0.1) is 22.7 Å². The van der Waals surface area contributed by atoms with E-state index < -0.39 is 0 Å². The van der Waals surface area contributed by atoms with E-state index in [1.54, 1.807) is 0 Å². The van der Waals surface area contributed by atoms with E-state index >= 15 is 0 Å². The fraction of sp³-hybridized carbons (Fsp3) is 0.143. The average molecular weight is 371 g/mol. The molecule has 116 valence electrons. The second-order valence-electron chi connectivity index (χ2n) is 4.39. The zero-order valence-corrected chi connectivity index (χ0v) is 15.2. The largest absolute Gasteiger partial charge is 0.427 e. The van der Waals surface area contributed by atoms with Gasteiger partial charge in [0.25, 0.3) is 0 Å². The highest BCUT2D eigenvalue weighted by Gasteiger charge is 2.04. The number of aryl methyl sites for hydroxylation is 1. The summed E-state index contributed by atoms with van der Waals surface area (Å²) in [6.45, 7) is 3.77. The topological polar surface area (TPSA) is 50.3 Å². The van der Waals surface area contributed by atoms with Crippen molar-refractivity contribution >= 4 is 47.1 Å². The minimum absolute atomic E-state index is 0.471. The Labute approximate surface area is 146 Å². The maximum atomic E-state index is 9.51. The molecule has 8 heteroatoms. The summed E-state index contributed by atoms with van der Waals surface area (Å²) in [4.78, 5) is 1.07. The molecule has 0 atom stereocenters. The number of nitrogens with zero attached hydrogens (tertiary/aromatic N) is 2. The van der Waals surface area contributed by atoms with Gasteiger partial charge in [-0.2, -0.15) is 9.46 Å². The molecule has 0 saturated heterocycles. The van der Waals surface area contributed by atoms with Crippen molar-refractivity contribution in [3.63, 3.8) is 0 Å². The number of rotatable bonds is 1. The summed E-state index contributed by atoms with van der Waals surface area (Å²) in [5.41, 5.74) is 2.55. The first kappa shape index (κ1) is 16.9. The molecule has 0 aliphatic carbocycles. The van der Waals surface area contributed by atoms with Crippen LogP contribution in [0.5, 0.6) is 0 Å². The Bertz CT molecular complexity index is 874. The lowest BCUT2D eigenvalue weighted by molar-refractivity contribution is 0.178. The van der Waals surface area contributed by atoms with Crippen molar-refractivity contribution in [1.82, 2.24) is 9.46 Å². The Hall–Kier alpha value is -1.48. The van der Waals surface area contributed by atoms with Crippen LogP contribution in [0.1, 0.15) is 10.6 Å². The first-order chi connectivity index (χ1) is 10.4. The van der Waals surface area contributed by atoms with Crippen molar-refractivity contribution in [2.24, 2.45) is 0 Å². The minimum atomic E-state index is 0.471. The Morgan fingerprint density at radius 1 is 0.955 bits per heavy atom. The smallest absolute Gasteiger partial charge is 0.196 e. The van der Waals surface area contributed by atoms with Crippen LogP contribution >= 0.6 is 47.1 Å². The minimum Gasteiger partial charge on any atom is -0.427 e. The van der Waals surface area contributed by atoms with E-state index in [1.807, 2.05) is 49.6 Å². The van der Waals surface area contributed by atoms with Gasteiger partial charge in [0.05, 0.1) is 11.4 Å². The van der Waals surface area contributed by atoms with Crippen LogP contribution in [0.15, 0.2) is 35.7 Å². The van der Waals surface area contributed by atoms with Gasteiger partial charge in [0.1, 0.15) is 0 Å². The molecule has 3 aromatic rings. The first-order valence-electron chi connectivity index (χ1n) is 6.25. The lowest BCUT2D eigenvalue weighted by Gasteiger charge is -1.99. The van der Waals surface area contributed by atoms with Crippen LogP contribution in [-0.2, 0) is 0 Å². The summed E-state index contributed by atoms with van der Waals surface area (Å²) in [7, 11) is 0. The predicted molar refractivity (Wildman–Crippen MR) is 95.6 cm³/mol. The molecule has 0 spiro atoms. The molecule has 1 aromatic carbocycles. The van der Waals surface area contributed by atoms with Gasteiger partial charge in [-0.05, 0) is 38.3 Å². The van der Waals surface area contributed by atoms with Gasteiger partial charge in [-0.25, -0.2) is 0 Å². The average Bonchev–Trinajstić information content (AvgIpc) is 2.96. The molecule has 2 N–H and O–H groups in total. The number of hydrogen-bond donors (Lipinski definition) is 2. The highest BCUT2D eigenvalue weighted by molar-refractivity contribution is 7.73. The first-order valence-corrected chi connectivity index (χ1v) is 8.76. The second-order valence-corrected chi connectivity index (χ2v) is 7.74. The molecule has 0 saturated carbocycles. The van der Waals surface area contributed by atoms with Crippen LogP contribution in [-0.4, -0.2) is 19.9 Å². The SMILES string of the molecule is Cc1sc(=S)n(O)c1C.On1c(-c2ccccc2)csc1=S. The van der Waals surface area contributed by atoms with Crippen molar-refractivity contribution in [3.05, 3.63) is 54.2 Å². The van der Waals surface area contributed by atoms with Gasteiger partial charge in [0, 0.05) is 15.8 Å². The summed E-state index contributed by atoms with van der Waals surface area (Å²) in [6.07, 6.45) is 0. The molecule has 0 radical (unpaired) electrons. The third-order valence-corrected chi connectivity index (χ3v) is 5.53. The maximum Gasteiger partial charge on any atom is 0.196 e. The summed E-state index contributed by atoms with van der Waals surface area (Å²) in [5, 5.41) is 20.4. The molecule has 0 amide bonds. The summed E-state index contributed by atoms with van der Waals surface area (Å²) in [6, 6.07) is 9.66. The zero-order valence-electron chi connectivity index (χ0n) is 11.9. The molecule has 0 aliphatic heterocycles. The Balaban J connectivity index is 0.000000172. The van der Waals surface area contributed by atoms with Gasteiger partial charge in [0.15, 0.2) is 7.91 Å². The van der Waals surface area contributed by atoms with E-state index in [-0.39, 0.29) is 0 Å². The molecular weight excluding hydrogens is 356 g/mol. The highest BCUT2D eigenvalue weighted by Crippen LogP contribution is 2.21. The number of aromatic nitrogens is 2. The Morgan fingerprint density at radius 3 is 1.95 bits per heavy atom. The summed E-state index contributed by atoms with van der Waals surface area (Å²) >= 11 is 12.5. The molecule has 0 fully saturated rings. The number of thiazole rings is 2. The molecule has 2 aromatic heterocycles. The molecule has 4 nitrogen and oxygen atoms in total. The fourth-order valence-corrected chi connectivity index (χ4v) is 3.76. The molecule has 0 aliphatic rings. The van der Waals surface area contributed by atoms with E-state index in [2.05, 4.69) is 0 Å². The van der Waals surface area contributed by atoms with E-state index in [1.165, 1.54) is 22.7 Å². The zero-order chi connectivity index (χ0) is 16.3. The van der Waals surface area contributed by atoms with Gasteiger partial charge >= 0.3 is 0 Å². The lowest BCUT2D eigenvalue weighted by atomic mass is 10.2. The molecule has 3 rings (SSSR count). The Kier molecular flexibility index (Phi) is 5.52. The van der Waals surface area contributed by atoms with Gasteiger partial charge in [-0.3, -0.25) is 0 Å². The van der Waals surface area contributed by atoms with Crippen LogP contribution < -0.4 is 0 Å². The third kappa shape index (κ3) is 3.64. The predicted octanol–water partition coefficient (Wildman–Crippen LogP) is 5.32. The molecule has 0 unspecified atom stereocenters. The van der Waals surface area contributed by atoms with E-state index in [4.69, 9.17) is 29.6 Å². The maximum absolute atomic E-state index is 9.51. The fourth-order valence-electron chi connectivity index (χ4n) is 1.64. The summed E-state index contributed by atoms with van der Waals surface area (Å²) < 4.78 is 3.06. The van der Waals surface area contributed by atoms with Crippen molar-refractivity contribution in [1.29, 1.82) is 0 Å². The van der Waals surface area contributed by atoms with E-state index in [0.29, 0.717) is 7.91 Å². The standard InChI is InChI=1S/C9H7NOS2.C5H7NOS2/c11-10-8(6-13-9(10)12)7-4-2-1-3-5-7;1-3-4(2)9-5(8)6(3)7/h1-6,11H;7H,1-2H3. The lowest BCUT2D eigenvalue weighted by Crippen LogP contribution is -1.91. The van der Waals surface area contributed by atoms with Crippen LogP contribution in [0.3, 0.4) is 0 Å². The van der Waals surface area contributed by atoms with Crippen LogP contribution in [0, 0.1) is 21.8 Å². The second kappa shape index (κ2) is 7.19. The third-order valence-electron chi connectivity index (χ3n) is 2.98. The van der Waals surface area contributed by atoms with Crippen molar-refractivity contribution in [2.45, 2.75) is 13.8 Å². The van der Waals surface area contributed by atoms with Gasteiger partial charge < -0.3 is 10.4 Å². The van der Waals surface area contributed by atoms with Crippen molar-refractivity contribution in [2.75, 3.05) is 0 Å². The monoisotopic (exact) mass is 370 g/mol. The highest BCUT2D eigenvalue weighted by atomic mass is 32.2. The van der Waals surface area contributed by atoms with E-state index in [0.717, 1.165) is 31.3 Å².